The van der Waals surface area contributed by atoms with Crippen molar-refractivity contribution in [1.82, 2.24) is 0 Å². The number of hydrogen-bond donors (Lipinski definition) is 0. The molecule has 1 heterocycles. The summed E-state index contributed by atoms with van der Waals surface area (Å²) in [5.41, 5.74) is 2.46. The number of rotatable bonds is 3. The minimum absolute atomic E-state index is 0.124. The van der Waals surface area contributed by atoms with E-state index < -0.39 is 11.7 Å². The summed E-state index contributed by atoms with van der Waals surface area (Å²) >= 11 is 0. The Morgan fingerprint density at radius 1 is 0.821 bits per heavy atom. The molecule has 0 atom stereocenters. The Kier molecular flexibility index (Phi) is 4.33. The Bertz CT molecular complexity index is 1140. The first kappa shape index (κ1) is 18.4. The second kappa shape index (κ2) is 6.59. The maximum absolute atomic E-state index is 13.4. The molecule has 5 heteroatoms. The lowest BCUT2D eigenvalue weighted by atomic mass is 10.0. The van der Waals surface area contributed by atoms with Crippen LogP contribution >= 0.6 is 0 Å². The summed E-state index contributed by atoms with van der Waals surface area (Å²) in [6.07, 6.45) is -4.47. The van der Waals surface area contributed by atoms with Crippen LogP contribution in [0.5, 0.6) is 0 Å². The first-order valence-corrected chi connectivity index (χ1v) is 9.12. The fourth-order valence-corrected chi connectivity index (χ4v) is 3.51. The molecule has 3 aromatic carbocycles. The lowest BCUT2D eigenvalue weighted by Gasteiger charge is -2.20. The van der Waals surface area contributed by atoms with E-state index in [1.54, 1.807) is 12.1 Å². The van der Waals surface area contributed by atoms with E-state index in [1.165, 1.54) is 11.6 Å². The van der Waals surface area contributed by atoms with E-state index in [-0.39, 0.29) is 5.58 Å². The van der Waals surface area contributed by atoms with Crippen molar-refractivity contribution in [1.29, 1.82) is 0 Å². The number of halogens is 3. The maximum Gasteiger partial charge on any atom is 0.420 e. The lowest BCUT2D eigenvalue weighted by Crippen LogP contribution is -2.09. The summed E-state index contributed by atoms with van der Waals surface area (Å²) < 4.78 is 46.0. The number of alkyl halides is 3. The third-order valence-corrected chi connectivity index (χ3v) is 5.12. The Labute approximate surface area is 161 Å². The van der Waals surface area contributed by atoms with Gasteiger partial charge < -0.3 is 9.32 Å². The maximum atomic E-state index is 13.4. The predicted molar refractivity (Wildman–Crippen MR) is 107 cm³/mol. The molecule has 0 amide bonds. The average molecular weight is 383 g/mol. The largest absolute Gasteiger partial charge is 0.453 e. The standard InChI is InChI=1S/C23H20F3NO/c1-14(2)15-10-12-16(13-11-15)27(3)20-9-5-7-18-17-6-4-8-19(23(24,25)26)21(17)28-22(18)20/h4-14H,1-3H3. The highest BCUT2D eigenvalue weighted by Gasteiger charge is 2.34. The highest BCUT2D eigenvalue weighted by atomic mass is 19.4. The number of nitrogens with zero attached hydrogens (tertiary/aromatic N) is 1. The van der Waals surface area contributed by atoms with Crippen LogP contribution in [0.4, 0.5) is 24.5 Å². The van der Waals surface area contributed by atoms with Gasteiger partial charge in [-0.2, -0.15) is 13.2 Å². The molecule has 4 rings (SSSR count). The molecule has 1 aromatic heterocycles. The fraction of sp³-hybridized carbons (Fsp3) is 0.217. The Hall–Kier alpha value is -2.95. The van der Waals surface area contributed by atoms with Gasteiger partial charge in [0, 0.05) is 23.5 Å². The SMILES string of the molecule is CC(C)c1ccc(N(C)c2cccc3c2oc2c(C(F)(F)F)cccc23)cc1. The van der Waals surface area contributed by atoms with Crippen LogP contribution in [0.3, 0.4) is 0 Å². The van der Waals surface area contributed by atoms with E-state index in [2.05, 4.69) is 26.0 Å². The molecular formula is C23H20F3NO. The van der Waals surface area contributed by atoms with Gasteiger partial charge in [0.2, 0.25) is 0 Å². The molecule has 0 bridgehead atoms. The smallest absolute Gasteiger partial charge is 0.420 e. The molecular weight excluding hydrogens is 363 g/mol. The molecule has 144 valence electrons. The molecule has 28 heavy (non-hydrogen) atoms. The highest BCUT2D eigenvalue weighted by Crippen LogP contribution is 2.42. The molecule has 0 unspecified atom stereocenters. The van der Waals surface area contributed by atoms with E-state index in [0.29, 0.717) is 22.3 Å². The van der Waals surface area contributed by atoms with Gasteiger partial charge in [-0.3, -0.25) is 0 Å². The molecule has 0 N–H and O–H groups in total. The van der Waals surface area contributed by atoms with Gasteiger partial charge in [0.1, 0.15) is 5.58 Å². The van der Waals surface area contributed by atoms with Gasteiger partial charge in [-0.1, -0.05) is 50.2 Å². The zero-order valence-corrected chi connectivity index (χ0v) is 15.8. The number of furan rings is 1. The minimum atomic E-state index is -4.47. The number of para-hydroxylation sites is 2. The first-order valence-electron chi connectivity index (χ1n) is 9.12. The molecule has 0 saturated carbocycles. The molecule has 4 aromatic rings. The van der Waals surface area contributed by atoms with Crippen LogP contribution in [-0.2, 0) is 6.18 Å². The molecule has 0 fully saturated rings. The third kappa shape index (κ3) is 3.01. The summed E-state index contributed by atoms with van der Waals surface area (Å²) in [4.78, 5) is 1.93. The second-order valence-electron chi connectivity index (χ2n) is 7.24. The molecule has 0 aliphatic carbocycles. The van der Waals surface area contributed by atoms with Crippen LogP contribution in [0.1, 0.15) is 30.9 Å². The van der Waals surface area contributed by atoms with E-state index in [1.807, 2.05) is 36.2 Å². The topological polar surface area (TPSA) is 16.4 Å². The number of benzene rings is 3. The summed E-state index contributed by atoms with van der Waals surface area (Å²) in [6, 6.07) is 17.8. The van der Waals surface area contributed by atoms with Gasteiger partial charge in [0.05, 0.1) is 11.3 Å². The van der Waals surface area contributed by atoms with Crippen molar-refractivity contribution in [3.63, 3.8) is 0 Å². The van der Waals surface area contributed by atoms with E-state index in [4.69, 9.17) is 4.42 Å². The van der Waals surface area contributed by atoms with Gasteiger partial charge >= 0.3 is 6.18 Å². The van der Waals surface area contributed by atoms with Crippen LogP contribution in [0.15, 0.2) is 65.1 Å². The second-order valence-corrected chi connectivity index (χ2v) is 7.24. The Morgan fingerprint density at radius 2 is 1.43 bits per heavy atom. The zero-order chi connectivity index (χ0) is 20.1. The van der Waals surface area contributed by atoms with Crippen molar-refractivity contribution in [2.24, 2.45) is 0 Å². The van der Waals surface area contributed by atoms with Gasteiger partial charge in [-0.25, -0.2) is 0 Å². The van der Waals surface area contributed by atoms with Crippen molar-refractivity contribution < 1.29 is 17.6 Å². The van der Waals surface area contributed by atoms with Gasteiger partial charge in [-0.05, 0) is 35.7 Å². The Morgan fingerprint density at radius 3 is 2.04 bits per heavy atom. The summed E-state index contributed by atoms with van der Waals surface area (Å²) in [7, 11) is 1.89. The monoisotopic (exact) mass is 383 g/mol. The molecule has 0 aliphatic rings. The van der Waals surface area contributed by atoms with E-state index in [9.17, 15) is 13.2 Å². The molecule has 0 aliphatic heterocycles. The highest BCUT2D eigenvalue weighted by molar-refractivity contribution is 6.10. The summed E-state index contributed by atoms with van der Waals surface area (Å²) in [5, 5.41) is 1.14. The average Bonchev–Trinajstić information content (AvgIpc) is 3.05. The quantitative estimate of drug-likeness (QED) is 0.364. The van der Waals surface area contributed by atoms with E-state index in [0.717, 1.165) is 17.4 Å². The van der Waals surface area contributed by atoms with Crippen molar-refractivity contribution in [3.05, 3.63) is 71.8 Å². The normalized spacial score (nSPS) is 12.2. The minimum Gasteiger partial charge on any atom is -0.453 e. The predicted octanol–water partition coefficient (Wildman–Crippen LogP) is 7.50. The van der Waals surface area contributed by atoms with Gasteiger partial charge in [-0.15, -0.1) is 0 Å². The van der Waals surface area contributed by atoms with Crippen LogP contribution in [0, 0.1) is 0 Å². The van der Waals surface area contributed by atoms with Crippen molar-refractivity contribution >= 4 is 33.3 Å². The van der Waals surface area contributed by atoms with Gasteiger partial charge in [0.15, 0.2) is 5.58 Å². The molecule has 2 nitrogen and oxygen atoms in total. The van der Waals surface area contributed by atoms with Crippen LogP contribution in [0.25, 0.3) is 21.9 Å². The van der Waals surface area contributed by atoms with Crippen molar-refractivity contribution in [3.8, 4) is 0 Å². The van der Waals surface area contributed by atoms with Gasteiger partial charge in [0.25, 0.3) is 0 Å². The lowest BCUT2D eigenvalue weighted by molar-refractivity contribution is -0.136. The van der Waals surface area contributed by atoms with Crippen LogP contribution in [-0.4, -0.2) is 7.05 Å². The number of fused-ring (bicyclic) bond motifs is 3. The molecule has 0 radical (unpaired) electrons. The number of hydrogen-bond acceptors (Lipinski definition) is 2. The fourth-order valence-electron chi connectivity index (χ4n) is 3.51. The summed E-state index contributed by atoms with van der Waals surface area (Å²) in [5.74, 6) is 0.430. The third-order valence-electron chi connectivity index (χ3n) is 5.12. The molecule has 0 saturated heterocycles. The van der Waals surface area contributed by atoms with Crippen molar-refractivity contribution in [2.45, 2.75) is 25.9 Å². The number of anilines is 2. The summed E-state index contributed by atoms with van der Waals surface area (Å²) in [6.45, 7) is 4.26. The van der Waals surface area contributed by atoms with Crippen LogP contribution < -0.4 is 4.90 Å². The Balaban J connectivity index is 1.88. The van der Waals surface area contributed by atoms with Crippen LogP contribution in [0.2, 0.25) is 0 Å². The zero-order valence-electron chi connectivity index (χ0n) is 15.8. The van der Waals surface area contributed by atoms with Crippen molar-refractivity contribution in [2.75, 3.05) is 11.9 Å². The first-order chi connectivity index (χ1) is 13.3. The molecule has 0 spiro atoms. The van der Waals surface area contributed by atoms with E-state index >= 15 is 0 Å².